The zero-order chi connectivity index (χ0) is 16.5. The molecule has 2 rings (SSSR count). The van der Waals surface area contributed by atoms with E-state index >= 15 is 0 Å². The molecule has 0 spiro atoms. The Morgan fingerprint density at radius 1 is 0.714 bits per heavy atom. The number of hydrogen-bond acceptors (Lipinski definition) is 7. The molecule has 122 valence electrons. The van der Waals surface area contributed by atoms with Gasteiger partial charge in [0.25, 0.3) is 0 Å². The molecular formula is C10H22N6O5. The lowest BCUT2D eigenvalue weighted by molar-refractivity contribution is -1.20. The molecule has 0 aliphatic carbocycles. The number of quaternary nitrogens is 4. The maximum atomic E-state index is 11.1. The topological polar surface area (TPSA) is 126 Å². The van der Waals surface area contributed by atoms with Crippen molar-refractivity contribution in [2.45, 2.75) is 27.7 Å². The zero-order valence-corrected chi connectivity index (χ0v) is 12.9. The second-order valence-corrected chi connectivity index (χ2v) is 4.76. The first-order valence-corrected chi connectivity index (χ1v) is 6.25. The summed E-state index contributed by atoms with van der Waals surface area (Å²) in [6, 6.07) is 0. The minimum absolute atomic E-state index is 0.178. The fourth-order valence-electron chi connectivity index (χ4n) is 1.80. The molecule has 2 heterocycles. The molecule has 0 aromatic carbocycles. The van der Waals surface area contributed by atoms with Crippen molar-refractivity contribution in [1.29, 1.82) is 0 Å². The predicted octanol–water partition coefficient (Wildman–Crippen LogP) is -4.51. The van der Waals surface area contributed by atoms with Crippen molar-refractivity contribution in [2.24, 2.45) is 0 Å². The monoisotopic (exact) mass is 306 g/mol. The third kappa shape index (κ3) is 3.28. The van der Waals surface area contributed by atoms with Gasteiger partial charge in [0, 0.05) is 32.8 Å². The number of nitrogens with zero attached hydrogens (tertiary/aromatic N) is 2. The van der Waals surface area contributed by atoms with Gasteiger partial charge >= 0.3 is 0 Å². The lowest BCUT2D eigenvalue weighted by atomic mass is 10.4. The van der Waals surface area contributed by atoms with E-state index in [1.807, 2.05) is 0 Å². The number of hydrogen-bond donors (Lipinski definition) is 4. The number of hydroxylamine groups is 4. The third-order valence-corrected chi connectivity index (χ3v) is 3.57. The van der Waals surface area contributed by atoms with Gasteiger partial charge in [0.15, 0.2) is 28.1 Å². The summed E-state index contributed by atoms with van der Waals surface area (Å²) < 4.78 is 0. The first kappa shape index (κ1) is 18.1. The van der Waals surface area contributed by atoms with Crippen LogP contribution in [0.5, 0.6) is 0 Å². The summed E-state index contributed by atoms with van der Waals surface area (Å²) in [5, 5.41) is 44.9. The Kier molecular flexibility index (Phi) is 5.92. The Bertz CT molecular complexity index is 419. The summed E-state index contributed by atoms with van der Waals surface area (Å²) in [7, 11) is 2.78. The highest BCUT2D eigenvalue weighted by molar-refractivity contribution is 4.93. The number of allylic oxidation sites excluding steroid dienone is 4. The van der Waals surface area contributed by atoms with E-state index in [9.17, 15) is 20.8 Å². The van der Waals surface area contributed by atoms with Crippen molar-refractivity contribution >= 4 is 0 Å². The molecule has 2 aliphatic heterocycles. The van der Waals surface area contributed by atoms with Crippen molar-refractivity contribution in [2.75, 3.05) is 14.2 Å². The molecule has 0 saturated heterocycles. The molecule has 21 heavy (non-hydrogen) atoms. The van der Waals surface area contributed by atoms with Crippen molar-refractivity contribution in [1.82, 2.24) is 10.4 Å². The highest BCUT2D eigenvalue weighted by Gasteiger charge is 2.34. The van der Waals surface area contributed by atoms with Gasteiger partial charge in [-0.1, -0.05) is 0 Å². The lowest BCUT2D eigenvalue weighted by Crippen LogP contribution is -3.28. The van der Waals surface area contributed by atoms with Crippen LogP contribution in [0.3, 0.4) is 0 Å². The molecule has 0 saturated carbocycles. The summed E-state index contributed by atoms with van der Waals surface area (Å²) in [4.78, 5) is 4.57. The fraction of sp³-hybridized carbons (Fsp3) is 0.600. The Labute approximate surface area is 122 Å². The molecule has 11 heteroatoms. The maximum Gasteiger partial charge on any atom is 0.189 e. The molecule has 0 radical (unpaired) electrons. The van der Waals surface area contributed by atoms with E-state index in [1.54, 1.807) is 27.7 Å². The third-order valence-electron chi connectivity index (χ3n) is 3.57. The van der Waals surface area contributed by atoms with Crippen LogP contribution in [-0.4, -0.2) is 24.6 Å². The lowest BCUT2D eigenvalue weighted by Gasteiger charge is -2.26. The van der Waals surface area contributed by atoms with Crippen molar-refractivity contribution < 1.29 is 25.5 Å². The molecule has 0 aromatic rings. The number of rotatable bonds is 1. The minimum Gasteiger partial charge on any atom is -0.604 e. The Morgan fingerprint density at radius 2 is 1.00 bits per heavy atom. The van der Waals surface area contributed by atoms with E-state index in [-0.39, 0.29) is 20.7 Å². The first-order chi connectivity index (χ1) is 9.64. The Morgan fingerprint density at radius 3 is 1.14 bits per heavy atom. The molecule has 0 bridgehead atoms. The van der Waals surface area contributed by atoms with Gasteiger partial charge in [0.05, 0.1) is 14.2 Å². The molecule has 4 N–H and O–H groups in total. The maximum absolute atomic E-state index is 11.1. The molecule has 0 fully saturated rings. The largest absolute Gasteiger partial charge is 0.604 e. The molecule has 0 aromatic heterocycles. The number of nitrogens with one attached hydrogen (secondary N) is 4. The summed E-state index contributed by atoms with van der Waals surface area (Å²) in [6.07, 6.45) is 0. The minimum atomic E-state index is -0.366. The van der Waals surface area contributed by atoms with Crippen LogP contribution in [0.15, 0.2) is 22.8 Å². The van der Waals surface area contributed by atoms with Crippen molar-refractivity contribution in [3.05, 3.63) is 43.6 Å². The van der Waals surface area contributed by atoms with E-state index in [0.717, 1.165) is 10.4 Å². The summed E-state index contributed by atoms with van der Waals surface area (Å²) in [5.74, 6) is 0. The summed E-state index contributed by atoms with van der Waals surface area (Å²) in [6.45, 7) is 6.54. The molecule has 0 amide bonds. The van der Waals surface area contributed by atoms with Crippen LogP contribution in [0, 0.1) is 20.8 Å². The van der Waals surface area contributed by atoms with Crippen LogP contribution in [0.25, 0.3) is 0 Å². The predicted molar refractivity (Wildman–Crippen MR) is 70.7 cm³/mol. The van der Waals surface area contributed by atoms with Crippen LogP contribution in [-0.2, 0) is 4.84 Å². The fourth-order valence-corrected chi connectivity index (χ4v) is 1.80. The summed E-state index contributed by atoms with van der Waals surface area (Å²) >= 11 is 0. The standard InChI is InChI=1S/C5H11N3O3.C5H11N3O2/c1-4-5(2)7(10)8(11-3)6(4)9;1-4-5(2)8(10)6(3)7(4)9/h6-7H,1-3H3;7-8H,1-3H3. The second kappa shape index (κ2) is 6.87. The van der Waals surface area contributed by atoms with Gasteiger partial charge in [0.1, 0.15) is 0 Å². The van der Waals surface area contributed by atoms with Crippen LogP contribution in [0.1, 0.15) is 27.7 Å². The van der Waals surface area contributed by atoms with Crippen LogP contribution in [0.2, 0.25) is 0 Å². The normalized spacial score (nSPS) is 34.6. The van der Waals surface area contributed by atoms with Gasteiger partial charge in [0.2, 0.25) is 0 Å². The van der Waals surface area contributed by atoms with Gasteiger partial charge < -0.3 is 20.8 Å². The molecule has 4 unspecified atom stereocenters. The second-order valence-electron chi connectivity index (χ2n) is 4.76. The molecule has 2 aliphatic rings. The quantitative estimate of drug-likeness (QED) is 0.360. The highest BCUT2D eigenvalue weighted by atomic mass is 16.9. The zero-order valence-electron chi connectivity index (χ0n) is 12.9. The Balaban J connectivity index is 0.000000211. The van der Waals surface area contributed by atoms with Crippen molar-refractivity contribution in [3.63, 3.8) is 0 Å². The molecule has 4 atom stereocenters. The molecular weight excluding hydrogens is 284 g/mol. The van der Waals surface area contributed by atoms with Crippen LogP contribution >= 0.6 is 0 Å². The highest BCUT2D eigenvalue weighted by Crippen LogP contribution is 1.92. The first-order valence-electron chi connectivity index (χ1n) is 6.25. The van der Waals surface area contributed by atoms with E-state index in [2.05, 4.69) is 4.84 Å². The van der Waals surface area contributed by atoms with Crippen LogP contribution in [0.4, 0.5) is 0 Å². The molecule has 11 nitrogen and oxygen atoms in total. The van der Waals surface area contributed by atoms with Crippen molar-refractivity contribution in [3.8, 4) is 0 Å². The van der Waals surface area contributed by atoms with Gasteiger partial charge in [-0.15, -0.1) is 0 Å². The summed E-state index contributed by atoms with van der Waals surface area (Å²) in [5.41, 5.74) is 2.04. The Hall–Kier alpha value is -0.960. The average molecular weight is 306 g/mol. The average Bonchev–Trinajstić information content (AvgIpc) is 2.76. The van der Waals surface area contributed by atoms with Gasteiger partial charge in [-0.25, -0.2) is 15.2 Å². The van der Waals surface area contributed by atoms with Gasteiger partial charge in [-0.3, -0.25) is 0 Å². The van der Waals surface area contributed by atoms with Gasteiger partial charge in [-0.05, 0) is 0 Å². The SMILES string of the molecule is CC1=C(C)[NH+]([O-])N(C)[NH+]1[O-].CON1[NH+]([O-])C(C)=C(C)[NH+]1[O-]. The van der Waals surface area contributed by atoms with E-state index < -0.39 is 0 Å². The van der Waals surface area contributed by atoms with E-state index in [4.69, 9.17) is 0 Å². The van der Waals surface area contributed by atoms with Crippen LogP contribution < -0.4 is 20.7 Å². The smallest absolute Gasteiger partial charge is 0.189 e. The van der Waals surface area contributed by atoms with Gasteiger partial charge in [-0.2, -0.15) is 10.3 Å². The van der Waals surface area contributed by atoms with E-state index in [0.29, 0.717) is 22.8 Å². The van der Waals surface area contributed by atoms with E-state index in [1.165, 1.54) is 14.2 Å².